The molecule has 0 radical (unpaired) electrons. The molecule has 2 atom stereocenters. The summed E-state index contributed by atoms with van der Waals surface area (Å²) in [7, 11) is -7.68. The van der Waals surface area contributed by atoms with Gasteiger partial charge in [0, 0.05) is 0 Å². The Morgan fingerprint density at radius 1 is 1.19 bits per heavy atom. The van der Waals surface area contributed by atoms with Gasteiger partial charge < -0.3 is 18.9 Å². The first-order chi connectivity index (χ1) is 12.7. The van der Waals surface area contributed by atoms with Gasteiger partial charge in [0.1, 0.15) is 12.7 Å². The zero-order chi connectivity index (χ0) is 20.1. The number of aliphatic hydroxyl groups excluding tert-OH is 1. The van der Waals surface area contributed by atoms with Crippen molar-refractivity contribution in [1.29, 1.82) is 0 Å². The second kappa shape index (κ2) is 9.32. The molecule has 2 rings (SSSR count). The fraction of sp³-hybridized carbons (Fsp3) is 0.529. The molecule has 0 aliphatic carbocycles. The van der Waals surface area contributed by atoms with E-state index in [4.69, 9.17) is 18.0 Å². The highest BCUT2D eigenvalue weighted by atomic mass is 32.2. The van der Waals surface area contributed by atoms with Crippen molar-refractivity contribution in [3.63, 3.8) is 0 Å². The highest BCUT2D eigenvalue weighted by Gasteiger charge is 2.38. The molecule has 1 aromatic rings. The van der Waals surface area contributed by atoms with Crippen LogP contribution < -0.4 is 0 Å². The molecule has 1 aromatic carbocycles. The maximum Gasteiger partial charge on any atom is 0.395 e. The Bertz CT molecular complexity index is 793. The van der Waals surface area contributed by atoms with E-state index in [2.05, 4.69) is 0 Å². The maximum atomic E-state index is 12.8. The molecule has 1 aliphatic heterocycles. The van der Waals surface area contributed by atoms with Gasteiger partial charge in [-0.3, -0.25) is 8.75 Å². The number of ether oxygens (including phenoxy) is 1. The second-order valence-corrected chi connectivity index (χ2v) is 9.45. The van der Waals surface area contributed by atoms with Gasteiger partial charge in [0.2, 0.25) is 5.50 Å². The SMILES string of the molecule is CCOP(=O)(OCC)C1=CC[C@H](O)[C@@H](COS(=O)(=O)c2ccc(C)cc2)O1. The lowest BCUT2D eigenvalue weighted by Crippen LogP contribution is -2.36. The van der Waals surface area contributed by atoms with E-state index in [-0.39, 0.29) is 30.0 Å². The molecule has 0 aromatic heterocycles. The van der Waals surface area contributed by atoms with E-state index in [1.54, 1.807) is 26.0 Å². The van der Waals surface area contributed by atoms with Crippen LogP contribution in [0.4, 0.5) is 0 Å². The molecular formula is C17H25O8PS. The zero-order valence-corrected chi connectivity index (χ0v) is 17.2. The van der Waals surface area contributed by atoms with Crippen LogP contribution in [-0.4, -0.2) is 45.6 Å². The van der Waals surface area contributed by atoms with E-state index in [1.165, 1.54) is 18.2 Å². The molecule has 1 heterocycles. The normalized spacial score (nSPS) is 20.8. The van der Waals surface area contributed by atoms with Gasteiger partial charge in [-0.15, -0.1) is 0 Å². The molecule has 0 saturated carbocycles. The molecular weight excluding hydrogens is 395 g/mol. The monoisotopic (exact) mass is 420 g/mol. The molecule has 8 nitrogen and oxygen atoms in total. The van der Waals surface area contributed by atoms with Crippen LogP contribution >= 0.6 is 7.60 Å². The molecule has 0 unspecified atom stereocenters. The summed E-state index contributed by atoms with van der Waals surface area (Å²) in [5, 5.41) is 10.1. The molecule has 0 spiro atoms. The standard InChI is InChI=1S/C17H25O8PS/c1-4-22-26(19,23-5-2)17-11-10-15(18)16(25-17)12-24-27(20,21)14-8-6-13(3)7-9-14/h6-9,11,15-16,18H,4-5,10,12H2,1-3H3/t15-,16+/m0/s1. The molecule has 0 amide bonds. The van der Waals surface area contributed by atoms with Gasteiger partial charge in [-0.2, -0.15) is 8.42 Å². The summed E-state index contributed by atoms with van der Waals surface area (Å²) < 4.78 is 58.4. The number of rotatable bonds is 9. The fourth-order valence-corrected chi connectivity index (χ4v) is 4.93. The van der Waals surface area contributed by atoms with Crippen LogP contribution in [0.1, 0.15) is 25.8 Å². The van der Waals surface area contributed by atoms with Crippen molar-refractivity contribution in [3.8, 4) is 0 Å². The first kappa shape index (κ1) is 22.1. The lowest BCUT2D eigenvalue weighted by atomic mass is 10.1. The summed E-state index contributed by atoms with van der Waals surface area (Å²) >= 11 is 0. The molecule has 1 aliphatic rings. The van der Waals surface area contributed by atoms with Crippen molar-refractivity contribution < 1.29 is 36.1 Å². The van der Waals surface area contributed by atoms with E-state index in [0.29, 0.717) is 0 Å². The Morgan fingerprint density at radius 2 is 1.78 bits per heavy atom. The predicted molar refractivity (Wildman–Crippen MR) is 98.8 cm³/mol. The third-order valence-electron chi connectivity index (χ3n) is 3.80. The third-order valence-corrected chi connectivity index (χ3v) is 7.12. The number of aliphatic hydroxyl groups is 1. The van der Waals surface area contributed by atoms with Crippen LogP contribution in [0.2, 0.25) is 0 Å². The average molecular weight is 420 g/mol. The molecule has 27 heavy (non-hydrogen) atoms. The number of benzene rings is 1. The Hall–Kier alpha value is -1.22. The minimum absolute atomic E-state index is 0.00321. The summed E-state index contributed by atoms with van der Waals surface area (Å²) in [5.41, 5.74) is 0.871. The van der Waals surface area contributed by atoms with Gasteiger partial charge in [-0.1, -0.05) is 17.7 Å². The lowest BCUT2D eigenvalue weighted by molar-refractivity contribution is -0.0332. The Labute approximate surface area is 159 Å². The molecule has 152 valence electrons. The maximum absolute atomic E-state index is 12.8. The van der Waals surface area contributed by atoms with Gasteiger partial charge in [0.25, 0.3) is 10.1 Å². The highest BCUT2D eigenvalue weighted by Crippen LogP contribution is 2.57. The molecule has 1 N–H and O–H groups in total. The largest absolute Gasteiger partial charge is 0.477 e. The Balaban J connectivity index is 2.09. The average Bonchev–Trinajstić information content (AvgIpc) is 2.62. The molecule has 10 heteroatoms. The van der Waals surface area contributed by atoms with Crippen LogP contribution in [0.5, 0.6) is 0 Å². The van der Waals surface area contributed by atoms with Crippen molar-refractivity contribution in [1.82, 2.24) is 0 Å². The Kier molecular flexibility index (Phi) is 7.62. The number of hydrogen-bond acceptors (Lipinski definition) is 8. The third kappa shape index (κ3) is 5.63. The van der Waals surface area contributed by atoms with Crippen molar-refractivity contribution in [3.05, 3.63) is 41.4 Å². The zero-order valence-electron chi connectivity index (χ0n) is 15.5. The van der Waals surface area contributed by atoms with E-state index in [0.717, 1.165) is 5.56 Å². The van der Waals surface area contributed by atoms with Gasteiger partial charge >= 0.3 is 7.60 Å². The lowest BCUT2D eigenvalue weighted by Gasteiger charge is -2.31. The number of hydrogen-bond donors (Lipinski definition) is 1. The van der Waals surface area contributed by atoms with E-state index >= 15 is 0 Å². The fourth-order valence-electron chi connectivity index (χ4n) is 2.41. The van der Waals surface area contributed by atoms with E-state index in [1.807, 2.05) is 6.92 Å². The van der Waals surface area contributed by atoms with Gasteiger partial charge in [-0.25, -0.2) is 0 Å². The van der Waals surface area contributed by atoms with Crippen molar-refractivity contribution in [2.24, 2.45) is 0 Å². The topological polar surface area (TPSA) is 108 Å². The molecule has 0 fully saturated rings. The van der Waals surface area contributed by atoms with Crippen LogP contribution in [0.15, 0.2) is 40.7 Å². The van der Waals surface area contributed by atoms with Crippen molar-refractivity contribution >= 4 is 17.7 Å². The smallest absolute Gasteiger partial charge is 0.395 e. The van der Waals surface area contributed by atoms with Gasteiger partial charge in [-0.05, 0) is 45.4 Å². The molecule has 0 saturated heterocycles. The van der Waals surface area contributed by atoms with Crippen LogP contribution in [0.3, 0.4) is 0 Å². The van der Waals surface area contributed by atoms with E-state index in [9.17, 15) is 18.1 Å². The summed E-state index contributed by atoms with van der Waals surface area (Å²) in [6.07, 6.45) is -0.502. The predicted octanol–water partition coefficient (Wildman–Crippen LogP) is 2.96. The summed E-state index contributed by atoms with van der Waals surface area (Å²) in [4.78, 5) is 0.00321. The van der Waals surface area contributed by atoms with Crippen molar-refractivity contribution in [2.75, 3.05) is 19.8 Å². The minimum Gasteiger partial charge on any atom is -0.477 e. The van der Waals surface area contributed by atoms with Crippen molar-refractivity contribution in [2.45, 2.75) is 44.3 Å². The number of aryl methyl sites for hydroxylation is 1. The van der Waals surface area contributed by atoms with Crippen LogP contribution in [-0.2, 0) is 32.7 Å². The Morgan fingerprint density at radius 3 is 2.33 bits per heavy atom. The summed E-state index contributed by atoms with van der Waals surface area (Å²) in [6, 6.07) is 6.19. The highest BCUT2D eigenvalue weighted by molar-refractivity contribution is 7.86. The van der Waals surface area contributed by atoms with Gasteiger partial charge in [0.15, 0.2) is 0 Å². The van der Waals surface area contributed by atoms with Crippen LogP contribution in [0, 0.1) is 6.92 Å². The van der Waals surface area contributed by atoms with Crippen LogP contribution in [0.25, 0.3) is 0 Å². The first-order valence-electron chi connectivity index (χ1n) is 8.62. The first-order valence-corrected chi connectivity index (χ1v) is 11.6. The summed E-state index contributed by atoms with van der Waals surface area (Å²) in [6.45, 7) is 5.02. The van der Waals surface area contributed by atoms with E-state index < -0.39 is 36.5 Å². The summed E-state index contributed by atoms with van der Waals surface area (Å²) in [5.74, 6) is 0. The van der Waals surface area contributed by atoms with Gasteiger partial charge in [0.05, 0.1) is 24.2 Å². The molecule has 0 bridgehead atoms. The quantitative estimate of drug-likeness (QED) is 0.480. The second-order valence-electron chi connectivity index (χ2n) is 5.89. The minimum atomic E-state index is -4.02.